The molecule has 0 saturated carbocycles. The molecule has 1 aliphatic rings. The van der Waals surface area contributed by atoms with Gasteiger partial charge in [0.25, 0.3) is 5.69 Å². The number of nitro benzene ring substituents is 2. The van der Waals surface area contributed by atoms with Crippen molar-refractivity contribution in [3.8, 4) is 5.75 Å². The largest absolute Gasteiger partial charge is 0.454 e. The molecule has 0 bridgehead atoms. The van der Waals surface area contributed by atoms with Crippen LogP contribution in [0, 0.1) is 20.2 Å². The lowest BCUT2D eigenvalue weighted by molar-refractivity contribution is -0.395. The summed E-state index contributed by atoms with van der Waals surface area (Å²) < 4.78 is 23.9. The quantitative estimate of drug-likeness (QED) is 0.476. The molecule has 0 aromatic heterocycles. The number of benzene rings is 1. The van der Waals surface area contributed by atoms with Crippen LogP contribution in [0.4, 0.5) is 15.8 Å². The molecule has 3 N–H and O–H groups in total. The summed E-state index contributed by atoms with van der Waals surface area (Å²) in [6.07, 6.45) is -9.15. The molecule has 1 aromatic rings. The molecular formula is C12H13FN2O9. The zero-order chi connectivity index (χ0) is 18.0. The highest BCUT2D eigenvalue weighted by Gasteiger charge is 2.46. The molecule has 0 aliphatic carbocycles. The SMILES string of the molecule is O=[N+]([O-])c1ccc(O[C@H]2O[C@H](CO)[C@H](O)[C@H](O)[C@@H]2F)c([N+](=O)[O-])c1. The van der Waals surface area contributed by atoms with Crippen molar-refractivity contribution in [2.75, 3.05) is 6.61 Å². The highest BCUT2D eigenvalue weighted by molar-refractivity contribution is 5.53. The van der Waals surface area contributed by atoms with Crippen molar-refractivity contribution in [2.24, 2.45) is 0 Å². The molecule has 1 fully saturated rings. The Morgan fingerprint density at radius 3 is 2.42 bits per heavy atom. The molecule has 1 heterocycles. The minimum atomic E-state index is -2.27. The molecule has 0 unspecified atom stereocenters. The Balaban J connectivity index is 2.29. The number of alkyl halides is 1. The zero-order valence-electron chi connectivity index (χ0n) is 11.9. The average Bonchev–Trinajstić information content (AvgIpc) is 2.55. The van der Waals surface area contributed by atoms with E-state index in [-0.39, 0.29) is 0 Å². The van der Waals surface area contributed by atoms with Gasteiger partial charge in [0, 0.05) is 6.07 Å². The fraction of sp³-hybridized carbons (Fsp3) is 0.500. The minimum absolute atomic E-state index is 0.529. The van der Waals surface area contributed by atoms with Crippen molar-refractivity contribution in [3.05, 3.63) is 38.4 Å². The van der Waals surface area contributed by atoms with Gasteiger partial charge in [-0.15, -0.1) is 0 Å². The van der Waals surface area contributed by atoms with Crippen LogP contribution in [0.1, 0.15) is 0 Å². The van der Waals surface area contributed by atoms with E-state index in [0.717, 1.165) is 12.1 Å². The second-order valence-corrected chi connectivity index (χ2v) is 4.94. The molecular weight excluding hydrogens is 335 g/mol. The second-order valence-electron chi connectivity index (χ2n) is 4.94. The smallest absolute Gasteiger partial charge is 0.317 e. The van der Waals surface area contributed by atoms with Gasteiger partial charge in [-0.05, 0) is 6.07 Å². The molecule has 11 nitrogen and oxygen atoms in total. The van der Waals surface area contributed by atoms with Gasteiger partial charge in [-0.2, -0.15) is 0 Å². The van der Waals surface area contributed by atoms with Crippen LogP contribution in [0.25, 0.3) is 0 Å². The van der Waals surface area contributed by atoms with Gasteiger partial charge in [0.05, 0.1) is 22.5 Å². The molecule has 1 aromatic carbocycles. The molecule has 12 heteroatoms. The zero-order valence-corrected chi connectivity index (χ0v) is 11.9. The van der Waals surface area contributed by atoms with Crippen LogP contribution in [0.2, 0.25) is 0 Å². The van der Waals surface area contributed by atoms with Crippen molar-refractivity contribution in [1.29, 1.82) is 0 Å². The number of aliphatic hydroxyl groups excluding tert-OH is 3. The van der Waals surface area contributed by atoms with Crippen molar-refractivity contribution in [3.63, 3.8) is 0 Å². The highest BCUT2D eigenvalue weighted by Crippen LogP contribution is 2.34. The molecule has 24 heavy (non-hydrogen) atoms. The van der Waals surface area contributed by atoms with Crippen LogP contribution in [0.3, 0.4) is 0 Å². The second kappa shape index (κ2) is 7.00. The van der Waals surface area contributed by atoms with Gasteiger partial charge in [0.15, 0.2) is 6.17 Å². The fourth-order valence-electron chi connectivity index (χ4n) is 2.13. The number of ether oxygens (including phenoxy) is 2. The first-order valence-corrected chi connectivity index (χ1v) is 6.62. The van der Waals surface area contributed by atoms with E-state index in [1.54, 1.807) is 0 Å². The van der Waals surface area contributed by atoms with Crippen LogP contribution in [0.15, 0.2) is 18.2 Å². The van der Waals surface area contributed by atoms with Gasteiger partial charge < -0.3 is 24.8 Å². The summed E-state index contributed by atoms with van der Waals surface area (Å²) >= 11 is 0. The number of halogens is 1. The lowest BCUT2D eigenvalue weighted by atomic mass is 10.0. The van der Waals surface area contributed by atoms with E-state index >= 15 is 0 Å². The van der Waals surface area contributed by atoms with Crippen LogP contribution in [-0.2, 0) is 4.74 Å². The normalized spacial score (nSPS) is 29.9. The van der Waals surface area contributed by atoms with Crippen LogP contribution >= 0.6 is 0 Å². The first kappa shape index (κ1) is 17.9. The number of non-ortho nitro benzene ring substituents is 1. The minimum Gasteiger partial charge on any atom is -0.454 e. The summed E-state index contributed by atoms with van der Waals surface area (Å²) in [4.78, 5) is 19.8. The summed E-state index contributed by atoms with van der Waals surface area (Å²) in [5.41, 5.74) is -1.37. The van der Waals surface area contributed by atoms with E-state index in [4.69, 9.17) is 14.6 Å². The standard InChI is InChI=1S/C12H13FN2O9/c13-9-11(18)10(17)8(4-16)24-12(9)23-7-2-1-5(14(19)20)3-6(7)15(21)22/h1-3,8-12,16-18H,4H2/t8-,9+,10+,11-,12+/m1/s1. The first-order chi connectivity index (χ1) is 11.3. The molecule has 1 aliphatic heterocycles. The Bertz CT molecular complexity index is 641. The van der Waals surface area contributed by atoms with E-state index in [9.17, 15) is 34.8 Å². The van der Waals surface area contributed by atoms with Crippen LogP contribution in [0.5, 0.6) is 5.75 Å². The molecule has 0 radical (unpaired) electrons. The third kappa shape index (κ3) is 3.41. The van der Waals surface area contributed by atoms with Gasteiger partial charge in [-0.3, -0.25) is 20.2 Å². The maximum atomic E-state index is 14.0. The maximum absolute atomic E-state index is 14.0. The predicted octanol–water partition coefficient (Wildman–Crippen LogP) is -0.341. The number of nitro groups is 2. The van der Waals surface area contributed by atoms with E-state index in [1.165, 1.54) is 0 Å². The molecule has 1 saturated heterocycles. The van der Waals surface area contributed by atoms with Gasteiger partial charge >= 0.3 is 5.69 Å². The van der Waals surface area contributed by atoms with E-state index in [0.29, 0.717) is 6.07 Å². The van der Waals surface area contributed by atoms with Gasteiger partial charge in [-0.25, -0.2) is 4.39 Å². The molecule has 5 atom stereocenters. The van der Waals surface area contributed by atoms with Gasteiger partial charge in [0.2, 0.25) is 12.0 Å². The van der Waals surface area contributed by atoms with E-state index < -0.39 is 64.4 Å². The molecule has 132 valence electrons. The van der Waals surface area contributed by atoms with Crippen LogP contribution in [-0.4, -0.2) is 62.5 Å². The Kier molecular flexibility index (Phi) is 5.23. The number of nitrogens with zero attached hydrogens (tertiary/aromatic N) is 2. The lowest BCUT2D eigenvalue weighted by Gasteiger charge is -2.38. The summed E-state index contributed by atoms with van der Waals surface area (Å²) in [5, 5.41) is 49.8. The molecule has 2 rings (SSSR count). The van der Waals surface area contributed by atoms with Crippen LogP contribution < -0.4 is 4.74 Å². The predicted molar refractivity (Wildman–Crippen MR) is 73.0 cm³/mol. The average molecular weight is 348 g/mol. The summed E-state index contributed by atoms with van der Waals surface area (Å²) in [7, 11) is 0. The Labute approximate surface area is 133 Å². The summed E-state index contributed by atoms with van der Waals surface area (Å²) in [6, 6.07) is 2.42. The number of hydrogen-bond acceptors (Lipinski definition) is 9. The van der Waals surface area contributed by atoms with Crippen molar-refractivity contribution in [2.45, 2.75) is 30.8 Å². The van der Waals surface area contributed by atoms with Crippen molar-refractivity contribution in [1.82, 2.24) is 0 Å². The third-order valence-corrected chi connectivity index (χ3v) is 3.40. The van der Waals surface area contributed by atoms with E-state index in [1.807, 2.05) is 0 Å². The van der Waals surface area contributed by atoms with Gasteiger partial charge in [0.1, 0.15) is 18.3 Å². The molecule has 0 spiro atoms. The monoisotopic (exact) mass is 348 g/mol. The first-order valence-electron chi connectivity index (χ1n) is 6.62. The molecule has 0 amide bonds. The van der Waals surface area contributed by atoms with E-state index in [2.05, 4.69) is 0 Å². The van der Waals surface area contributed by atoms with Gasteiger partial charge in [-0.1, -0.05) is 0 Å². The lowest BCUT2D eigenvalue weighted by Crippen LogP contribution is -2.58. The Morgan fingerprint density at radius 1 is 1.21 bits per heavy atom. The summed E-state index contributed by atoms with van der Waals surface area (Å²) in [6.45, 7) is -0.757. The van der Waals surface area contributed by atoms with Crippen molar-refractivity contribution < 1.29 is 39.0 Å². The van der Waals surface area contributed by atoms with Crippen molar-refractivity contribution >= 4 is 11.4 Å². The highest BCUT2D eigenvalue weighted by atomic mass is 19.1. The Hall–Kier alpha value is -2.41. The topological polar surface area (TPSA) is 165 Å². The third-order valence-electron chi connectivity index (χ3n) is 3.40. The Morgan fingerprint density at radius 2 is 1.88 bits per heavy atom. The number of aliphatic hydroxyl groups is 3. The summed E-state index contributed by atoms with van der Waals surface area (Å²) in [5.74, 6) is -0.529. The fourth-order valence-corrected chi connectivity index (χ4v) is 2.13. The number of rotatable bonds is 5. The number of hydrogen-bond donors (Lipinski definition) is 3. The maximum Gasteiger partial charge on any atom is 0.317 e.